The van der Waals surface area contributed by atoms with Crippen molar-refractivity contribution < 1.29 is 4.79 Å². The van der Waals surface area contributed by atoms with Crippen LogP contribution in [0.5, 0.6) is 0 Å². The van der Waals surface area contributed by atoms with Crippen LogP contribution >= 0.6 is 0 Å². The second-order valence-corrected chi connectivity index (χ2v) is 1.96. The fourth-order valence-electron chi connectivity index (χ4n) is 0.824. The molecule has 50 valence electrons. The third-order valence-electron chi connectivity index (χ3n) is 1.35. The predicted octanol–water partition coefficient (Wildman–Crippen LogP) is -0.438. The Morgan fingerprint density at radius 3 is 3.00 bits per heavy atom. The highest BCUT2D eigenvalue weighted by atomic mass is 16.2. The summed E-state index contributed by atoms with van der Waals surface area (Å²) in [6.45, 7) is 5.77. The lowest BCUT2D eigenvalue weighted by Crippen LogP contribution is -2.27. The van der Waals surface area contributed by atoms with Crippen LogP contribution in [0.2, 0.25) is 0 Å². The number of hydrogen-bond donors (Lipinski definition) is 1. The maximum Gasteiger partial charge on any atom is 0.247 e. The monoisotopic (exact) mass is 126 g/mol. The first-order valence-corrected chi connectivity index (χ1v) is 2.96. The van der Waals surface area contributed by atoms with Gasteiger partial charge in [0.1, 0.15) is 0 Å². The Bertz CT molecular complexity index is 127. The van der Waals surface area contributed by atoms with E-state index in [2.05, 4.69) is 11.9 Å². The Hall–Kier alpha value is -0.830. The van der Waals surface area contributed by atoms with Gasteiger partial charge in [0.2, 0.25) is 5.91 Å². The average Bonchev–Trinajstić information content (AvgIpc) is 2.37. The van der Waals surface area contributed by atoms with Crippen LogP contribution in [-0.2, 0) is 4.79 Å². The smallest absolute Gasteiger partial charge is 0.247 e. The molecule has 1 saturated heterocycles. The van der Waals surface area contributed by atoms with Gasteiger partial charge in [0.25, 0.3) is 0 Å². The summed E-state index contributed by atoms with van der Waals surface area (Å²) in [6, 6.07) is 0. The zero-order valence-electron chi connectivity index (χ0n) is 5.26. The molecule has 1 heterocycles. The molecule has 0 aliphatic carbocycles. The fourth-order valence-corrected chi connectivity index (χ4v) is 0.824. The van der Waals surface area contributed by atoms with Gasteiger partial charge in [0.05, 0.1) is 6.67 Å². The Labute approximate surface area is 54.3 Å². The van der Waals surface area contributed by atoms with Gasteiger partial charge in [0.15, 0.2) is 0 Å². The van der Waals surface area contributed by atoms with Crippen molar-refractivity contribution in [2.75, 3.05) is 19.8 Å². The van der Waals surface area contributed by atoms with E-state index < -0.39 is 0 Å². The number of carbonyl (C=O) groups is 1. The van der Waals surface area contributed by atoms with Crippen LogP contribution in [0.15, 0.2) is 12.7 Å². The van der Waals surface area contributed by atoms with E-state index in [1.165, 1.54) is 6.08 Å². The van der Waals surface area contributed by atoms with Crippen LogP contribution in [0.1, 0.15) is 0 Å². The minimum absolute atomic E-state index is 0.0139. The highest BCUT2D eigenvalue weighted by Gasteiger charge is 2.13. The molecule has 0 spiro atoms. The van der Waals surface area contributed by atoms with Gasteiger partial charge >= 0.3 is 0 Å². The standard InChI is InChI=1S/C6H10N2O/c1-2-6(9)8-4-3-7-5-8/h2,7H,1,3-5H2. The van der Waals surface area contributed by atoms with Gasteiger partial charge in [-0.1, -0.05) is 6.58 Å². The summed E-state index contributed by atoms with van der Waals surface area (Å²) >= 11 is 0. The van der Waals surface area contributed by atoms with E-state index in [-0.39, 0.29) is 5.91 Å². The van der Waals surface area contributed by atoms with Crippen molar-refractivity contribution in [3.63, 3.8) is 0 Å². The lowest BCUT2D eigenvalue weighted by Gasteiger charge is -2.09. The van der Waals surface area contributed by atoms with Crippen LogP contribution in [0, 0.1) is 0 Å². The number of nitrogens with one attached hydrogen (secondary N) is 1. The number of carbonyl (C=O) groups excluding carboxylic acids is 1. The molecule has 1 fully saturated rings. The normalized spacial score (nSPS) is 18.0. The zero-order valence-corrected chi connectivity index (χ0v) is 5.26. The molecule has 0 saturated carbocycles. The van der Waals surface area contributed by atoms with Gasteiger partial charge in [-0.15, -0.1) is 0 Å². The van der Waals surface area contributed by atoms with E-state index in [0.29, 0.717) is 6.67 Å². The second-order valence-electron chi connectivity index (χ2n) is 1.96. The molecule has 0 aromatic heterocycles. The maximum atomic E-state index is 10.8. The molecule has 0 unspecified atom stereocenters. The van der Waals surface area contributed by atoms with Crippen molar-refractivity contribution in [2.45, 2.75) is 0 Å². The first kappa shape index (κ1) is 6.29. The summed E-state index contributed by atoms with van der Waals surface area (Å²) in [5.74, 6) is 0.0139. The first-order valence-electron chi connectivity index (χ1n) is 2.96. The molecular formula is C6H10N2O. The number of rotatable bonds is 1. The van der Waals surface area contributed by atoms with Gasteiger partial charge in [-0.3, -0.25) is 10.1 Å². The molecule has 0 bridgehead atoms. The molecule has 1 aliphatic rings. The molecule has 1 amide bonds. The van der Waals surface area contributed by atoms with Crippen molar-refractivity contribution in [3.05, 3.63) is 12.7 Å². The lowest BCUT2D eigenvalue weighted by molar-refractivity contribution is -0.125. The van der Waals surface area contributed by atoms with E-state index in [4.69, 9.17) is 0 Å². The van der Waals surface area contributed by atoms with Crippen LogP contribution in [0.4, 0.5) is 0 Å². The third-order valence-corrected chi connectivity index (χ3v) is 1.35. The molecule has 3 nitrogen and oxygen atoms in total. The van der Waals surface area contributed by atoms with Crippen LogP contribution < -0.4 is 5.32 Å². The molecule has 0 atom stereocenters. The molecule has 9 heavy (non-hydrogen) atoms. The minimum Gasteiger partial charge on any atom is -0.325 e. The van der Waals surface area contributed by atoms with Crippen molar-refractivity contribution >= 4 is 5.91 Å². The summed E-state index contributed by atoms with van der Waals surface area (Å²) in [7, 11) is 0. The minimum atomic E-state index is 0.0139. The largest absolute Gasteiger partial charge is 0.325 e. The Kier molecular flexibility index (Phi) is 1.85. The summed E-state index contributed by atoms with van der Waals surface area (Å²) in [5.41, 5.74) is 0. The van der Waals surface area contributed by atoms with Gasteiger partial charge in [0, 0.05) is 13.1 Å². The molecule has 1 aliphatic heterocycles. The maximum absolute atomic E-state index is 10.8. The fraction of sp³-hybridized carbons (Fsp3) is 0.500. The lowest BCUT2D eigenvalue weighted by atomic mass is 10.5. The van der Waals surface area contributed by atoms with Gasteiger partial charge < -0.3 is 4.90 Å². The zero-order chi connectivity index (χ0) is 6.69. The van der Waals surface area contributed by atoms with E-state index in [1.54, 1.807) is 4.90 Å². The Balaban J connectivity index is 2.41. The summed E-state index contributed by atoms with van der Waals surface area (Å²) in [4.78, 5) is 12.5. The Morgan fingerprint density at radius 2 is 2.56 bits per heavy atom. The van der Waals surface area contributed by atoms with Crippen molar-refractivity contribution in [1.82, 2.24) is 10.2 Å². The van der Waals surface area contributed by atoms with Crippen LogP contribution in [-0.4, -0.2) is 30.6 Å². The van der Waals surface area contributed by atoms with Gasteiger partial charge in [-0.05, 0) is 6.08 Å². The molecular weight excluding hydrogens is 116 g/mol. The van der Waals surface area contributed by atoms with Crippen LogP contribution in [0.25, 0.3) is 0 Å². The van der Waals surface area contributed by atoms with Crippen LogP contribution in [0.3, 0.4) is 0 Å². The molecule has 0 aromatic rings. The molecule has 3 heteroatoms. The third kappa shape index (κ3) is 1.29. The number of nitrogens with zero attached hydrogens (tertiary/aromatic N) is 1. The molecule has 0 radical (unpaired) electrons. The molecule has 1 N–H and O–H groups in total. The summed E-state index contributed by atoms with van der Waals surface area (Å²) in [6.07, 6.45) is 1.34. The highest BCUT2D eigenvalue weighted by molar-refractivity contribution is 5.87. The molecule has 0 aromatic carbocycles. The van der Waals surface area contributed by atoms with Crippen molar-refractivity contribution in [1.29, 1.82) is 0 Å². The summed E-state index contributed by atoms with van der Waals surface area (Å²) in [5, 5.41) is 3.04. The topological polar surface area (TPSA) is 32.3 Å². The molecule has 1 rings (SSSR count). The van der Waals surface area contributed by atoms with Gasteiger partial charge in [-0.25, -0.2) is 0 Å². The van der Waals surface area contributed by atoms with E-state index >= 15 is 0 Å². The SMILES string of the molecule is C=CC(=O)N1CCNC1. The van der Waals surface area contributed by atoms with Crippen molar-refractivity contribution in [2.24, 2.45) is 0 Å². The second kappa shape index (κ2) is 2.64. The Morgan fingerprint density at radius 1 is 1.78 bits per heavy atom. The van der Waals surface area contributed by atoms with E-state index in [0.717, 1.165) is 13.1 Å². The first-order chi connectivity index (χ1) is 4.34. The van der Waals surface area contributed by atoms with E-state index in [9.17, 15) is 4.79 Å². The van der Waals surface area contributed by atoms with Gasteiger partial charge in [-0.2, -0.15) is 0 Å². The van der Waals surface area contributed by atoms with E-state index in [1.807, 2.05) is 0 Å². The quantitative estimate of drug-likeness (QED) is 0.483. The predicted molar refractivity (Wildman–Crippen MR) is 34.8 cm³/mol. The highest BCUT2D eigenvalue weighted by Crippen LogP contribution is 1.92. The average molecular weight is 126 g/mol. The van der Waals surface area contributed by atoms with Crippen molar-refractivity contribution in [3.8, 4) is 0 Å². The summed E-state index contributed by atoms with van der Waals surface area (Å²) < 4.78 is 0. The number of amides is 1. The number of hydrogen-bond acceptors (Lipinski definition) is 2.